The van der Waals surface area contributed by atoms with Gasteiger partial charge in [0.25, 0.3) is 10.0 Å². The van der Waals surface area contributed by atoms with Crippen molar-refractivity contribution in [1.29, 1.82) is 0 Å². The Morgan fingerprint density at radius 1 is 1.12 bits per heavy atom. The van der Waals surface area contributed by atoms with E-state index in [1.807, 2.05) is 6.92 Å². The Labute approximate surface area is 145 Å². The molecule has 6 nitrogen and oxygen atoms in total. The molecule has 0 bridgehead atoms. The number of anilines is 1. The Bertz CT molecular complexity index is 754. The van der Waals surface area contributed by atoms with Crippen LogP contribution < -0.4 is 9.04 Å². The molecule has 1 heterocycles. The highest BCUT2D eigenvalue weighted by molar-refractivity contribution is 7.94. The van der Waals surface area contributed by atoms with Gasteiger partial charge in [-0.15, -0.1) is 11.3 Å². The molecule has 0 spiro atoms. The zero-order chi connectivity index (χ0) is 17.6. The molecule has 0 unspecified atom stereocenters. The molecule has 0 radical (unpaired) electrons. The minimum absolute atomic E-state index is 0.167. The first-order valence-electron chi connectivity index (χ1n) is 7.43. The van der Waals surface area contributed by atoms with Crippen LogP contribution in [0.1, 0.15) is 13.8 Å². The highest BCUT2D eigenvalue weighted by Gasteiger charge is 2.28. The molecule has 0 aliphatic heterocycles. The molecular formula is C16H19NO5S2. The second-order valence-electron chi connectivity index (χ2n) is 4.68. The zero-order valence-electron chi connectivity index (χ0n) is 13.5. The molecule has 0 saturated heterocycles. The van der Waals surface area contributed by atoms with Gasteiger partial charge in [-0.05, 0) is 49.6 Å². The van der Waals surface area contributed by atoms with E-state index in [1.54, 1.807) is 42.6 Å². The Morgan fingerprint density at radius 3 is 2.38 bits per heavy atom. The Balaban J connectivity index is 2.37. The molecule has 0 N–H and O–H groups in total. The fourth-order valence-electron chi connectivity index (χ4n) is 2.03. The summed E-state index contributed by atoms with van der Waals surface area (Å²) in [6.45, 7) is 3.85. The van der Waals surface area contributed by atoms with Crippen molar-refractivity contribution in [3.05, 3.63) is 41.8 Å². The first-order chi connectivity index (χ1) is 11.5. The topological polar surface area (TPSA) is 72.9 Å². The van der Waals surface area contributed by atoms with E-state index in [0.29, 0.717) is 18.0 Å². The van der Waals surface area contributed by atoms with Gasteiger partial charge in [0.1, 0.15) is 16.5 Å². The Morgan fingerprint density at radius 2 is 1.83 bits per heavy atom. The molecule has 1 aromatic heterocycles. The van der Waals surface area contributed by atoms with E-state index in [1.165, 1.54) is 6.07 Å². The van der Waals surface area contributed by atoms with E-state index < -0.39 is 16.0 Å². The lowest BCUT2D eigenvalue weighted by Gasteiger charge is -2.23. The molecule has 0 amide bonds. The number of hydrogen-bond acceptors (Lipinski definition) is 6. The zero-order valence-corrected chi connectivity index (χ0v) is 15.1. The van der Waals surface area contributed by atoms with Crippen LogP contribution in [0.2, 0.25) is 0 Å². The lowest BCUT2D eigenvalue weighted by atomic mass is 10.3. The fraction of sp³-hybridized carbons (Fsp3) is 0.312. The van der Waals surface area contributed by atoms with Gasteiger partial charge in [-0.3, -0.25) is 9.10 Å². The number of rotatable bonds is 8. The number of sulfonamides is 1. The third-order valence-electron chi connectivity index (χ3n) is 3.05. The highest BCUT2D eigenvalue weighted by Crippen LogP contribution is 2.28. The lowest BCUT2D eigenvalue weighted by Crippen LogP contribution is -2.36. The summed E-state index contributed by atoms with van der Waals surface area (Å²) in [6.07, 6.45) is 0. The van der Waals surface area contributed by atoms with Crippen LogP contribution >= 0.6 is 11.3 Å². The van der Waals surface area contributed by atoms with Crippen molar-refractivity contribution >= 4 is 33.0 Å². The maximum Gasteiger partial charge on any atom is 0.326 e. The Kier molecular flexibility index (Phi) is 6.22. The molecule has 1 aromatic carbocycles. The van der Waals surface area contributed by atoms with Crippen molar-refractivity contribution in [3.8, 4) is 5.75 Å². The van der Waals surface area contributed by atoms with E-state index in [-0.39, 0.29) is 17.4 Å². The molecule has 0 aliphatic carbocycles. The third-order valence-corrected chi connectivity index (χ3v) is 6.20. The summed E-state index contributed by atoms with van der Waals surface area (Å²) >= 11 is 1.10. The second kappa shape index (κ2) is 8.16. The average Bonchev–Trinajstić information content (AvgIpc) is 3.09. The number of carbonyl (C=O) groups is 1. The molecule has 24 heavy (non-hydrogen) atoms. The maximum atomic E-state index is 12.8. The van der Waals surface area contributed by atoms with Gasteiger partial charge >= 0.3 is 5.97 Å². The van der Waals surface area contributed by atoms with Gasteiger partial charge in [-0.25, -0.2) is 8.42 Å². The van der Waals surface area contributed by atoms with Crippen LogP contribution in [-0.2, 0) is 19.6 Å². The molecule has 2 aromatic rings. The van der Waals surface area contributed by atoms with Crippen molar-refractivity contribution < 1.29 is 22.7 Å². The van der Waals surface area contributed by atoms with Gasteiger partial charge in [0, 0.05) is 0 Å². The minimum atomic E-state index is -3.84. The van der Waals surface area contributed by atoms with Crippen LogP contribution in [-0.4, -0.2) is 34.1 Å². The summed E-state index contributed by atoms with van der Waals surface area (Å²) in [5, 5.41) is 1.67. The van der Waals surface area contributed by atoms with Crippen molar-refractivity contribution in [2.24, 2.45) is 0 Å². The monoisotopic (exact) mass is 369 g/mol. The number of thiophene rings is 1. The largest absolute Gasteiger partial charge is 0.494 e. The van der Waals surface area contributed by atoms with E-state index in [0.717, 1.165) is 15.6 Å². The molecule has 0 fully saturated rings. The lowest BCUT2D eigenvalue weighted by molar-refractivity contribution is -0.141. The van der Waals surface area contributed by atoms with Gasteiger partial charge in [0.05, 0.1) is 18.9 Å². The van der Waals surface area contributed by atoms with Gasteiger partial charge in [0.15, 0.2) is 0 Å². The summed E-state index contributed by atoms with van der Waals surface area (Å²) in [6, 6.07) is 9.71. The van der Waals surface area contributed by atoms with Gasteiger partial charge in [-0.1, -0.05) is 6.07 Å². The Hall–Kier alpha value is -2.06. The van der Waals surface area contributed by atoms with Crippen LogP contribution in [0.25, 0.3) is 0 Å². The van der Waals surface area contributed by atoms with Gasteiger partial charge in [0.2, 0.25) is 0 Å². The van der Waals surface area contributed by atoms with Crippen molar-refractivity contribution in [1.82, 2.24) is 0 Å². The number of ether oxygens (including phenoxy) is 2. The summed E-state index contributed by atoms with van der Waals surface area (Å²) in [5.74, 6) is 0.0253. The standard InChI is InChI=1S/C16H19NO5S2/c1-3-21-14-9-7-13(8-10-14)17(12-15(18)22-4-2)24(19,20)16-6-5-11-23-16/h5-11H,3-4,12H2,1-2H3. The SMILES string of the molecule is CCOC(=O)CN(c1ccc(OCC)cc1)S(=O)(=O)c1cccs1. The normalized spacial score (nSPS) is 11.1. The molecule has 8 heteroatoms. The van der Waals surface area contributed by atoms with E-state index >= 15 is 0 Å². The quantitative estimate of drug-likeness (QED) is 0.669. The van der Waals surface area contributed by atoms with E-state index in [4.69, 9.17) is 9.47 Å². The minimum Gasteiger partial charge on any atom is -0.494 e. The predicted octanol–water partition coefficient (Wildman–Crippen LogP) is 2.91. The van der Waals surface area contributed by atoms with Crippen LogP contribution in [0.4, 0.5) is 5.69 Å². The smallest absolute Gasteiger partial charge is 0.326 e. The number of carbonyl (C=O) groups excluding carboxylic acids is 1. The number of nitrogens with zero attached hydrogens (tertiary/aromatic N) is 1. The summed E-state index contributed by atoms with van der Waals surface area (Å²) in [5.41, 5.74) is 0.375. The fourth-order valence-corrected chi connectivity index (χ4v) is 4.55. The first-order valence-corrected chi connectivity index (χ1v) is 9.75. The molecule has 0 atom stereocenters. The van der Waals surface area contributed by atoms with Crippen LogP contribution in [0, 0.1) is 0 Å². The summed E-state index contributed by atoms with van der Waals surface area (Å²) in [4.78, 5) is 11.9. The van der Waals surface area contributed by atoms with Crippen LogP contribution in [0.15, 0.2) is 46.0 Å². The summed E-state index contributed by atoms with van der Waals surface area (Å²) in [7, 11) is -3.84. The summed E-state index contributed by atoms with van der Waals surface area (Å²) < 4.78 is 37.2. The van der Waals surface area contributed by atoms with Crippen molar-refractivity contribution in [2.75, 3.05) is 24.1 Å². The van der Waals surface area contributed by atoms with Crippen LogP contribution in [0.5, 0.6) is 5.75 Å². The molecule has 2 rings (SSSR count). The van der Waals surface area contributed by atoms with Crippen molar-refractivity contribution in [3.63, 3.8) is 0 Å². The molecule has 0 saturated carbocycles. The molecule has 130 valence electrons. The van der Waals surface area contributed by atoms with Crippen molar-refractivity contribution in [2.45, 2.75) is 18.1 Å². The van der Waals surface area contributed by atoms with E-state index in [9.17, 15) is 13.2 Å². The van der Waals surface area contributed by atoms with Gasteiger partial charge < -0.3 is 9.47 Å². The second-order valence-corrected chi connectivity index (χ2v) is 7.71. The first kappa shape index (κ1) is 18.3. The third kappa shape index (κ3) is 4.27. The predicted molar refractivity (Wildman–Crippen MR) is 93.1 cm³/mol. The van der Waals surface area contributed by atoms with Gasteiger partial charge in [-0.2, -0.15) is 0 Å². The van der Waals surface area contributed by atoms with Crippen LogP contribution in [0.3, 0.4) is 0 Å². The number of benzene rings is 1. The average molecular weight is 369 g/mol. The highest BCUT2D eigenvalue weighted by atomic mass is 32.2. The number of esters is 1. The molecule has 0 aliphatic rings. The van der Waals surface area contributed by atoms with E-state index in [2.05, 4.69) is 0 Å². The molecular weight excluding hydrogens is 350 g/mol. The number of hydrogen-bond donors (Lipinski definition) is 0. The maximum absolute atomic E-state index is 12.8.